The van der Waals surface area contributed by atoms with Crippen LogP contribution in [-0.4, -0.2) is 51.9 Å². The molecule has 4 aromatic rings. The molecule has 164 valence electrons. The van der Waals surface area contributed by atoms with Crippen LogP contribution in [0.1, 0.15) is 39.1 Å². The van der Waals surface area contributed by atoms with Crippen LogP contribution in [0, 0.1) is 6.92 Å². The predicted octanol–water partition coefficient (Wildman–Crippen LogP) is 4.64. The van der Waals surface area contributed by atoms with E-state index in [1.54, 1.807) is 28.4 Å². The number of piperazine rings is 1. The summed E-state index contributed by atoms with van der Waals surface area (Å²) in [4.78, 5) is 31.0. The van der Waals surface area contributed by atoms with Gasteiger partial charge in [0, 0.05) is 37.6 Å². The van der Waals surface area contributed by atoms with Gasteiger partial charge in [0.25, 0.3) is 11.8 Å². The Labute approximate surface area is 190 Å². The first kappa shape index (κ1) is 20.6. The lowest BCUT2D eigenvalue weighted by molar-refractivity contribution is 0.0391. The third kappa shape index (κ3) is 3.73. The fourth-order valence-corrected chi connectivity index (χ4v) is 5.35. The number of hydrogen-bond donors (Lipinski definition) is 0. The Bertz CT molecular complexity index is 1270. The van der Waals surface area contributed by atoms with E-state index in [-0.39, 0.29) is 17.9 Å². The van der Waals surface area contributed by atoms with Gasteiger partial charge >= 0.3 is 0 Å². The van der Waals surface area contributed by atoms with E-state index in [4.69, 9.17) is 4.42 Å². The lowest BCUT2D eigenvalue weighted by Gasteiger charge is -2.39. The second-order valence-corrected chi connectivity index (χ2v) is 9.26. The van der Waals surface area contributed by atoms with Crippen molar-refractivity contribution in [2.75, 3.05) is 19.6 Å². The van der Waals surface area contributed by atoms with Gasteiger partial charge in [0.05, 0.1) is 6.26 Å². The monoisotopic (exact) mass is 447 g/mol. The Morgan fingerprint density at radius 1 is 1.09 bits per heavy atom. The van der Waals surface area contributed by atoms with E-state index < -0.39 is 0 Å². The van der Waals surface area contributed by atoms with Gasteiger partial charge in [-0.25, -0.2) is 0 Å². The van der Waals surface area contributed by atoms with Crippen molar-refractivity contribution in [3.8, 4) is 0 Å². The van der Waals surface area contributed by atoms with Crippen LogP contribution < -0.4 is 0 Å². The highest BCUT2D eigenvalue weighted by atomic mass is 32.1. The third-order valence-electron chi connectivity index (χ3n) is 6.05. The number of nitrogens with zero attached hydrogens (tertiary/aromatic N) is 3. The van der Waals surface area contributed by atoms with Gasteiger partial charge < -0.3 is 18.8 Å². The minimum Gasteiger partial charge on any atom is -0.459 e. The smallest absolute Gasteiger partial charge is 0.289 e. The quantitative estimate of drug-likeness (QED) is 0.458. The summed E-state index contributed by atoms with van der Waals surface area (Å²) in [5, 5.41) is 3.15. The normalized spacial score (nSPS) is 16.6. The number of aryl methyl sites for hydroxylation is 1. The zero-order valence-electron chi connectivity index (χ0n) is 18.2. The highest BCUT2D eigenvalue weighted by Crippen LogP contribution is 2.28. The van der Waals surface area contributed by atoms with Crippen LogP contribution in [0.15, 0.2) is 64.6 Å². The van der Waals surface area contributed by atoms with Crippen molar-refractivity contribution in [3.05, 3.63) is 82.8 Å². The minimum atomic E-state index is -0.127. The van der Waals surface area contributed by atoms with E-state index in [1.165, 1.54) is 17.4 Å². The highest BCUT2D eigenvalue weighted by molar-refractivity contribution is 7.16. The number of furan rings is 1. The molecule has 0 unspecified atom stereocenters. The number of carbonyl (C=O) groups excluding carboxylic acids is 2. The number of rotatable bonds is 4. The zero-order valence-corrected chi connectivity index (χ0v) is 19.0. The zero-order chi connectivity index (χ0) is 22.2. The Balaban J connectivity index is 1.38. The number of fused-ring (bicyclic) bond motifs is 1. The Kier molecular flexibility index (Phi) is 5.35. The first-order valence-corrected chi connectivity index (χ1v) is 11.7. The SMILES string of the molecule is Cc1cccc(Cn2c(C(=O)N3CCN(C(=O)c4ccco4)[C@@H](C)C3)cc3ccsc32)c1. The van der Waals surface area contributed by atoms with Gasteiger partial charge in [0.1, 0.15) is 10.5 Å². The third-order valence-corrected chi connectivity index (χ3v) is 7.00. The molecule has 1 saturated heterocycles. The Morgan fingerprint density at radius 3 is 2.72 bits per heavy atom. The number of aromatic nitrogens is 1. The molecule has 5 rings (SSSR count). The van der Waals surface area contributed by atoms with Crippen LogP contribution in [0.2, 0.25) is 0 Å². The molecule has 32 heavy (non-hydrogen) atoms. The molecule has 0 aliphatic carbocycles. The molecule has 2 amide bonds. The molecule has 0 spiro atoms. The molecule has 1 aliphatic rings. The fraction of sp³-hybridized carbons (Fsp3) is 0.280. The number of hydrogen-bond acceptors (Lipinski definition) is 4. The van der Waals surface area contributed by atoms with Gasteiger partial charge in [0.15, 0.2) is 5.76 Å². The summed E-state index contributed by atoms with van der Waals surface area (Å²) in [6.45, 7) is 6.19. The standard InChI is InChI=1S/C25H25N3O3S/c1-17-5-3-6-19(13-17)16-28-21(14-20-8-12-32-25(20)28)23(29)26-9-10-27(18(2)15-26)24(30)22-7-4-11-31-22/h3-8,11-14,18H,9-10,15-16H2,1-2H3/t18-/m0/s1. The Hall–Kier alpha value is -3.32. The van der Waals surface area contributed by atoms with E-state index in [0.717, 1.165) is 10.2 Å². The second-order valence-electron chi connectivity index (χ2n) is 8.36. The molecule has 4 heterocycles. The molecule has 0 bridgehead atoms. The van der Waals surface area contributed by atoms with Crippen molar-refractivity contribution in [3.63, 3.8) is 0 Å². The molecule has 1 atom stereocenters. The second kappa shape index (κ2) is 8.31. The van der Waals surface area contributed by atoms with Crippen LogP contribution in [0.5, 0.6) is 0 Å². The molecule has 0 saturated carbocycles. The average Bonchev–Trinajstić information content (AvgIpc) is 3.52. The van der Waals surface area contributed by atoms with Gasteiger partial charge in [-0.1, -0.05) is 29.8 Å². The van der Waals surface area contributed by atoms with Gasteiger partial charge in [-0.05, 0) is 49.1 Å². The lowest BCUT2D eigenvalue weighted by Crippen LogP contribution is -2.55. The summed E-state index contributed by atoms with van der Waals surface area (Å²) in [7, 11) is 0. The van der Waals surface area contributed by atoms with Crippen molar-refractivity contribution in [2.45, 2.75) is 26.4 Å². The van der Waals surface area contributed by atoms with E-state index in [9.17, 15) is 9.59 Å². The Morgan fingerprint density at radius 2 is 1.97 bits per heavy atom. The van der Waals surface area contributed by atoms with Gasteiger partial charge in [-0.3, -0.25) is 9.59 Å². The summed E-state index contributed by atoms with van der Waals surface area (Å²) in [6, 6.07) is 15.8. The van der Waals surface area contributed by atoms with Gasteiger partial charge in [0.2, 0.25) is 0 Å². The largest absolute Gasteiger partial charge is 0.459 e. The topological polar surface area (TPSA) is 58.7 Å². The number of thiophene rings is 1. The summed E-state index contributed by atoms with van der Waals surface area (Å²) >= 11 is 1.65. The molecular weight excluding hydrogens is 422 g/mol. The van der Waals surface area contributed by atoms with E-state index in [1.807, 2.05) is 17.9 Å². The molecule has 6 nitrogen and oxygen atoms in total. The maximum Gasteiger partial charge on any atom is 0.289 e. The summed E-state index contributed by atoms with van der Waals surface area (Å²) in [6.07, 6.45) is 1.51. The maximum atomic E-state index is 13.6. The van der Waals surface area contributed by atoms with Crippen molar-refractivity contribution < 1.29 is 14.0 Å². The van der Waals surface area contributed by atoms with Crippen molar-refractivity contribution in [1.82, 2.24) is 14.4 Å². The molecule has 1 aliphatic heterocycles. The van der Waals surface area contributed by atoms with E-state index >= 15 is 0 Å². The van der Waals surface area contributed by atoms with Crippen LogP contribution in [0.3, 0.4) is 0 Å². The fourth-order valence-electron chi connectivity index (χ4n) is 4.45. The molecule has 0 N–H and O–H groups in total. The van der Waals surface area contributed by atoms with Gasteiger partial charge in [-0.2, -0.15) is 0 Å². The number of amides is 2. The predicted molar refractivity (Wildman–Crippen MR) is 125 cm³/mol. The van der Waals surface area contributed by atoms with E-state index in [2.05, 4.69) is 47.2 Å². The summed E-state index contributed by atoms with van der Waals surface area (Å²) in [5.74, 6) is 0.222. The number of benzene rings is 1. The molecular formula is C25H25N3O3S. The van der Waals surface area contributed by atoms with Crippen LogP contribution in [-0.2, 0) is 6.54 Å². The minimum absolute atomic E-state index is 0.0120. The van der Waals surface area contributed by atoms with Crippen molar-refractivity contribution in [2.24, 2.45) is 0 Å². The molecule has 7 heteroatoms. The van der Waals surface area contributed by atoms with Crippen molar-refractivity contribution >= 4 is 33.4 Å². The molecule has 1 aromatic carbocycles. The molecule has 1 fully saturated rings. The number of carbonyl (C=O) groups is 2. The van der Waals surface area contributed by atoms with Crippen LogP contribution in [0.4, 0.5) is 0 Å². The summed E-state index contributed by atoms with van der Waals surface area (Å²) in [5.41, 5.74) is 3.08. The maximum absolute atomic E-state index is 13.6. The van der Waals surface area contributed by atoms with Gasteiger partial charge in [-0.15, -0.1) is 11.3 Å². The highest BCUT2D eigenvalue weighted by Gasteiger charge is 2.33. The lowest BCUT2D eigenvalue weighted by atomic mass is 10.1. The van der Waals surface area contributed by atoms with Crippen LogP contribution in [0.25, 0.3) is 10.2 Å². The van der Waals surface area contributed by atoms with Crippen LogP contribution >= 0.6 is 11.3 Å². The van der Waals surface area contributed by atoms with E-state index in [0.29, 0.717) is 37.6 Å². The molecule has 3 aromatic heterocycles. The average molecular weight is 448 g/mol. The first-order chi connectivity index (χ1) is 15.5. The summed E-state index contributed by atoms with van der Waals surface area (Å²) < 4.78 is 7.40. The first-order valence-electron chi connectivity index (χ1n) is 10.8. The molecule has 0 radical (unpaired) electrons. The van der Waals surface area contributed by atoms with Crippen molar-refractivity contribution in [1.29, 1.82) is 0 Å².